The summed E-state index contributed by atoms with van der Waals surface area (Å²) < 4.78 is 5.73. The summed E-state index contributed by atoms with van der Waals surface area (Å²) >= 11 is 0. The molecule has 1 saturated heterocycles. The fraction of sp³-hybridized carbons (Fsp3) is 0.536. The van der Waals surface area contributed by atoms with E-state index in [0.717, 1.165) is 45.2 Å². The molecule has 1 heterocycles. The number of hydrogen-bond donors (Lipinski definition) is 0. The number of carbonyl (C=O) groups is 1. The second kappa shape index (κ2) is 9.56. The number of para-hydroxylation sites is 1. The Morgan fingerprint density at radius 3 is 2.34 bits per heavy atom. The van der Waals surface area contributed by atoms with Gasteiger partial charge in [0.2, 0.25) is 0 Å². The van der Waals surface area contributed by atoms with Crippen LogP contribution in [0.25, 0.3) is 0 Å². The summed E-state index contributed by atoms with van der Waals surface area (Å²) in [5.74, 6) is 0. The highest BCUT2D eigenvalue weighted by Crippen LogP contribution is 2.32. The van der Waals surface area contributed by atoms with Gasteiger partial charge in [0.15, 0.2) is 0 Å². The lowest BCUT2D eigenvalue weighted by atomic mass is 9.98. The van der Waals surface area contributed by atoms with Crippen molar-refractivity contribution in [1.82, 2.24) is 4.90 Å². The fourth-order valence-electron chi connectivity index (χ4n) is 5.29. The summed E-state index contributed by atoms with van der Waals surface area (Å²) in [6.45, 7) is 9.80. The van der Waals surface area contributed by atoms with Crippen LogP contribution < -0.4 is 4.90 Å². The van der Waals surface area contributed by atoms with Gasteiger partial charge in [-0.1, -0.05) is 42.5 Å². The van der Waals surface area contributed by atoms with Gasteiger partial charge in [0.1, 0.15) is 5.60 Å². The van der Waals surface area contributed by atoms with Gasteiger partial charge in [-0.25, -0.2) is 4.79 Å². The zero-order chi connectivity index (χ0) is 22.7. The van der Waals surface area contributed by atoms with Crippen LogP contribution in [0.1, 0.15) is 63.1 Å². The van der Waals surface area contributed by atoms with E-state index >= 15 is 0 Å². The Morgan fingerprint density at radius 1 is 1.03 bits per heavy atom. The number of aryl methyl sites for hydroxylation is 1. The van der Waals surface area contributed by atoms with Crippen molar-refractivity contribution in [2.45, 2.75) is 83.9 Å². The lowest BCUT2D eigenvalue weighted by Crippen LogP contribution is -2.48. The van der Waals surface area contributed by atoms with Crippen LogP contribution in [0.4, 0.5) is 10.5 Å². The Morgan fingerprint density at radius 2 is 1.69 bits per heavy atom. The van der Waals surface area contributed by atoms with Gasteiger partial charge < -0.3 is 14.5 Å². The monoisotopic (exact) mass is 434 g/mol. The maximum absolute atomic E-state index is 12.9. The molecule has 32 heavy (non-hydrogen) atoms. The molecule has 2 aliphatic rings. The number of amides is 1. The van der Waals surface area contributed by atoms with Crippen LogP contribution in [0.15, 0.2) is 48.5 Å². The lowest BCUT2D eigenvalue weighted by molar-refractivity contribution is 0.00908. The smallest absolute Gasteiger partial charge is 0.410 e. The Bertz CT molecular complexity index is 908. The molecule has 1 atom stereocenters. The summed E-state index contributed by atoms with van der Waals surface area (Å²) in [5, 5.41) is 0. The Labute approximate surface area is 193 Å². The van der Waals surface area contributed by atoms with E-state index in [-0.39, 0.29) is 12.1 Å². The molecule has 0 spiro atoms. The molecule has 2 aromatic rings. The summed E-state index contributed by atoms with van der Waals surface area (Å²) in [4.78, 5) is 17.5. The van der Waals surface area contributed by atoms with E-state index in [0.29, 0.717) is 6.04 Å². The van der Waals surface area contributed by atoms with Crippen LogP contribution in [0.3, 0.4) is 0 Å². The van der Waals surface area contributed by atoms with Gasteiger partial charge in [0, 0.05) is 30.9 Å². The largest absolute Gasteiger partial charge is 0.444 e. The van der Waals surface area contributed by atoms with Gasteiger partial charge >= 0.3 is 6.09 Å². The first-order valence-corrected chi connectivity index (χ1v) is 12.2. The molecule has 4 rings (SSSR count). The van der Waals surface area contributed by atoms with E-state index in [2.05, 4.69) is 60.4 Å². The van der Waals surface area contributed by atoms with E-state index in [1.54, 1.807) is 0 Å². The van der Waals surface area contributed by atoms with E-state index in [1.165, 1.54) is 28.8 Å². The van der Waals surface area contributed by atoms with E-state index < -0.39 is 5.60 Å². The highest BCUT2D eigenvalue weighted by molar-refractivity contribution is 5.68. The molecular formula is C28H38N2O2. The van der Waals surface area contributed by atoms with E-state index in [4.69, 9.17) is 4.74 Å². The Balaban J connectivity index is 1.51. The number of piperidine rings is 1. The van der Waals surface area contributed by atoms with Crippen LogP contribution in [0, 0.1) is 6.92 Å². The molecule has 2 aromatic carbocycles. The maximum Gasteiger partial charge on any atom is 0.410 e. The quantitative estimate of drug-likeness (QED) is 0.566. The normalized spacial score (nSPS) is 19.0. The molecule has 4 nitrogen and oxygen atoms in total. The minimum atomic E-state index is -0.456. The molecule has 0 aromatic heterocycles. The van der Waals surface area contributed by atoms with Crippen LogP contribution in [0.2, 0.25) is 0 Å². The number of carbonyl (C=O) groups excluding carboxylic acids is 1. The van der Waals surface area contributed by atoms with E-state index in [1.807, 2.05) is 25.7 Å². The number of likely N-dealkylation sites (tertiary alicyclic amines) is 1. The third-order valence-electron chi connectivity index (χ3n) is 6.85. The molecule has 1 fully saturated rings. The molecule has 0 bridgehead atoms. The predicted molar refractivity (Wildman–Crippen MR) is 131 cm³/mol. The number of ether oxygens (including phenoxy) is 1. The number of hydrogen-bond acceptors (Lipinski definition) is 3. The van der Waals surface area contributed by atoms with Crippen molar-refractivity contribution in [2.24, 2.45) is 0 Å². The van der Waals surface area contributed by atoms with Crippen molar-refractivity contribution in [3.63, 3.8) is 0 Å². The highest BCUT2D eigenvalue weighted by atomic mass is 16.6. The molecule has 1 amide bonds. The lowest BCUT2D eigenvalue weighted by Gasteiger charge is -2.39. The number of rotatable bonds is 5. The first kappa shape index (κ1) is 22.7. The molecule has 172 valence electrons. The second-order valence-corrected chi connectivity index (χ2v) is 10.4. The van der Waals surface area contributed by atoms with Crippen molar-refractivity contribution in [3.05, 3.63) is 65.2 Å². The molecule has 1 aliphatic heterocycles. The minimum Gasteiger partial charge on any atom is -0.444 e. The molecule has 1 aliphatic carbocycles. The van der Waals surface area contributed by atoms with Gasteiger partial charge in [-0.15, -0.1) is 0 Å². The van der Waals surface area contributed by atoms with Crippen molar-refractivity contribution in [1.29, 1.82) is 0 Å². The maximum atomic E-state index is 12.9. The fourth-order valence-corrected chi connectivity index (χ4v) is 5.29. The van der Waals surface area contributed by atoms with Crippen molar-refractivity contribution < 1.29 is 9.53 Å². The third kappa shape index (κ3) is 5.28. The van der Waals surface area contributed by atoms with Crippen molar-refractivity contribution in [2.75, 3.05) is 18.0 Å². The molecule has 4 heteroatoms. The highest BCUT2D eigenvalue weighted by Gasteiger charge is 2.32. The van der Waals surface area contributed by atoms with Crippen molar-refractivity contribution in [3.8, 4) is 0 Å². The molecule has 0 radical (unpaired) electrons. The first-order chi connectivity index (χ1) is 15.3. The second-order valence-electron chi connectivity index (χ2n) is 10.4. The van der Waals surface area contributed by atoms with Gasteiger partial charge in [-0.3, -0.25) is 0 Å². The predicted octanol–water partition coefficient (Wildman–Crippen LogP) is 6.15. The van der Waals surface area contributed by atoms with Gasteiger partial charge in [0.25, 0.3) is 0 Å². The summed E-state index contributed by atoms with van der Waals surface area (Å²) in [5.41, 5.74) is 5.14. The summed E-state index contributed by atoms with van der Waals surface area (Å²) in [6.07, 6.45) is 6.30. The number of anilines is 1. The molecule has 1 unspecified atom stereocenters. The summed E-state index contributed by atoms with van der Waals surface area (Å²) in [7, 11) is 0. The Hall–Kier alpha value is -2.49. The van der Waals surface area contributed by atoms with Crippen LogP contribution in [-0.4, -0.2) is 41.8 Å². The number of benzene rings is 2. The van der Waals surface area contributed by atoms with Crippen LogP contribution >= 0.6 is 0 Å². The molecule has 0 N–H and O–H groups in total. The zero-order valence-corrected chi connectivity index (χ0v) is 20.1. The number of fused-ring (bicyclic) bond motifs is 1. The number of nitrogens with zero attached hydrogens (tertiary/aromatic N) is 2. The summed E-state index contributed by atoms with van der Waals surface area (Å²) in [6, 6.07) is 18.3. The first-order valence-electron chi connectivity index (χ1n) is 12.2. The third-order valence-corrected chi connectivity index (χ3v) is 6.85. The van der Waals surface area contributed by atoms with E-state index in [9.17, 15) is 4.79 Å². The topological polar surface area (TPSA) is 32.8 Å². The molecule has 0 saturated carbocycles. The van der Waals surface area contributed by atoms with Gasteiger partial charge in [-0.05, 0) is 89.0 Å². The van der Waals surface area contributed by atoms with Gasteiger partial charge in [0.05, 0.1) is 0 Å². The average Bonchev–Trinajstić information content (AvgIpc) is 3.18. The minimum absolute atomic E-state index is 0.155. The Kier molecular flexibility index (Phi) is 6.78. The van der Waals surface area contributed by atoms with Gasteiger partial charge in [-0.2, -0.15) is 0 Å². The average molecular weight is 435 g/mol. The van der Waals surface area contributed by atoms with Crippen LogP contribution in [-0.2, 0) is 17.6 Å². The zero-order valence-electron chi connectivity index (χ0n) is 20.1. The van der Waals surface area contributed by atoms with Crippen LogP contribution in [0.5, 0.6) is 0 Å². The van der Waals surface area contributed by atoms with Crippen molar-refractivity contribution >= 4 is 11.8 Å². The SMILES string of the molecule is Cc1ccccc1N(CCC1CCCCN1C(=O)OC(C)(C)C)C1Cc2ccccc2C1. The molecular weight excluding hydrogens is 396 g/mol. The standard InChI is InChI=1S/C28H38N2O2/c1-21-11-5-8-15-26(21)29(25-19-22-12-6-7-13-23(22)20-25)18-16-24-14-9-10-17-30(24)27(31)32-28(2,3)4/h5-8,11-13,15,24-25H,9-10,14,16-20H2,1-4H3.